The third-order valence-corrected chi connectivity index (χ3v) is 4.75. The Labute approximate surface area is 156 Å². The first kappa shape index (κ1) is 16.8. The predicted octanol–water partition coefficient (Wildman–Crippen LogP) is 2.42. The summed E-state index contributed by atoms with van der Waals surface area (Å²) >= 11 is 6.00. The lowest BCUT2D eigenvalue weighted by Crippen LogP contribution is -2.48. The van der Waals surface area contributed by atoms with Crippen LogP contribution in [0.1, 0.15) is 23.3 Å². The first-order valence-corrected chi connectivity index (χ1v) is 8.94. The van der Waals surface area contributed by atoms with Crippen LogP contribution >= 0.6 is 11.6 Å². The van der Waals surface area contributed by atoms with Crippen molar-refractivity contribution in [2.45, 2.75) is 18.9 Å². The third-order valence-electron chi connectivity index (χ3n) is 4.52. The van der Waals surface area contributed by atoms with Crippen molar-refractivity contribution in [3.05, 3.63) is 47.4 Å². The zero-order valence-electron chi connectivity index (χ0n) is 14.4. The van der Waals surface area contributed by atoms with E-state index in [1.807, 2.05) is 12.1 Å². The van der Waals surface area contributed by atoms with E-state index in [0.717, 1.165) is 36.2 Å². The van der Waals surface area contributed by atoms with Crippen LogP contribution in [-0.2, 0) is 7.05 Å². The predicted molar refractivity (Wildman–Crippen MR) is 100 cm³/mol. The van der Waals surface area contributed by atoms with Gasteiger partial charge in [-0.2, -0.15) is 5.10 Å². The molecule has 0 aliphatic carbocycles. The third kappa shape index (κ3) is 3.48. The van der Waals surface area contributed by atoms with Crippen molar-refractivity contribution in [2.24, 2.45) is 7.05 Å². The summed E-state index contributed by atoms with van der Waals surface area (Å²) in [6.07, 6.45) is 5.44. The van der Waals surface area contributed by atoms with Crippen LogP contribution in [0.2, 0.25) is 5.02 Å². The van der Waals surface area contributed by atoms with Gasteiger partial charge in [0.15, 0.2) is 0 Å². The minimum atomic E-state index is -0.142. The molecule has 0 bridgehead atoms. The minimum absolute atomic E-state index is 0.0565. The van der Waals surface area contributed by atoms with Crippen molar-refractivity contribution < 1.29 is 4.79 Å². The van der Waals surface area contributed by atoms with Crippen LogP contribution in [0.15, 0.2) is 36.7 Å². The maximum atomic E-state index is 12.3. The van der Waals surface area contributed by atoms with E-state index in [1.165, 1.54) is 0 Å². The number of aromatic nitrogens is 4. The first-order valence-electron chi connectivity index (χ1n) is 8.56. The maximum absolute atomic E-state index is 12.3. The fourth-order valence-electron chi connectivity index (χ4n) is 3.23. The van der Waals surface area contributed by atoms with Crippen LogP contribution in [0.5, 0.6) is 0 Å². The lowest BCUT2D eigenvalue weighted by molar-refractivity contribution is 0.0927. The Hall–Kier alpha value is -2.67. The second-order valence-electron chi connectivity index (χ2n) is 6.49. The van der Waals surface area contributed by atoms with E-state index in [9.17, 15) is 4.79 Å². The van der Waals surface area contributed by atoms with E-state index in [-0.39, 0.29) is 11.9 Å². The number of piperidine rings is 1. The Kier molecular flexibility index (Phi) is 4.46. The van der Waals surface area contributed by atoms with Gasteiger partial charge in [0, 0.05) is 37.4 Å². The van der Waals surface area contributed by atoms with Crippen molar-refractivity contribution in [3.63, 3.8) is 0 Å². The molecule has 1 fully saturated rings. The van der Waals surface area contributed by atoms with Gasteiger partial charge in [0.1, 0.15) is 11.5 Å². The summed E-state index contributed by atoms with van der Waals surface area (Å²) in [4.78, 5) is 23.6. The highest BCUT2D eigenvalue weighted by atomic mass is 35.5. The summed E-state index contributed by atoms with van der Waals surface area (Å²) in [7, 11) is 1.80. The highest BCUT2D eigenvalue weighted by Crippen LogP contribution is 2.22. The zero-order chi connectivity index (χ0) is 18.1. The van der Waals surface area contributed by atoms with Gasteiger partial charge in [-0.05, 0) is 37.1 Å². The van der Waals surface area contributed by atoms with Gasteiger partial charge in [0.25, 0.3) is 5.91 Å². The number of carbonyl (C=O) groups is 1. The Morgan fingerprint density at radius 1 is 1.31 bits per heavy atom. The Morgan fingerprint density at radius 3 is 3.00 bits per heavy atom. The second kappa shape index (κ2) is 6.92. The number of fused-ring (bicyclic) bond motifs is 1. The lowest BCUT2D eigenvalue weighted by Gasteiger charge is -2.33. The van der Waals surface area contributed by atoms with Crippen LogP contribution in [0.25, 0.3) is 11.0 Å². The van der Waals surface area contributed by atoms with Gasteiger partial charge in [-0.1, -0.05) is 11.6 Å². The summed E-state index contributed by atoms with van der Waals surface area (Å²) in [5.41, 5.74) is 2.02. The van der Waals surface area contributed by atoms with Gasteiger partial charge in [0.05, 0.1) is 17.2 Å². The van der Waals surface area contributed by atoms with E-state index in [0.29, 0.717) is 17.3 Å². The maximum Gasteiger partial charge on any atom is 0.272 e. The SMILES string of the molecule is Cn1ccc(C(=O)NC2CCCN(c3cnc4cc(Cl)ccc4n3)C2)n1. The summed E-state index contributed by atoms with van der Waals surface area (Å²) in [6.45, 7) is 1.59. The highest BCUT2D eigenvalue weighted by Gasteiger charge is 2.23. The van der Waals surface area contributed by atoms with Crippen LogP contribution in [0, 0.1) is 0 Å². The molecule has 1 amide bonds. The van der Waals surface area contributed by atoms with E-state index in [1.54, 1.807) is 36.3 Å². The standard InChI is InChI=1S/C18H19ClN6O/c1-24-8-6-15(23-24)18(26)21-13-3-2-7-25(11-13)17-10-20-16-9-12(19)4-5-14(16)22-17/h4-6,8-10,13H,2-3,7,11H2,1H3,(H,21,26). The van der Waals surface area contributed by atoms with Crippen LogP contribution in [-0.4, -0.2) is 44.8 Å². The number of aryl methyl sites for hydroxylation is 1. The quantitative estimate of drug-likeness (QED) is 0.766. The molecule has 1 N–H and O–H groups in total. The molecular weight excluding hydrogens is 352 g/mol. The number of hydrogen-bond acceptors (Lipinski definition) is 5. The lowest BCUT2D eigenvalue weighted by atomic mass is 10.1. The highest BCUT2D eigenvalue weighted by molar-refractivity contribution is 6.31. The van der Waals surface area contributed by atoms with Crippen molar-refractivity contribution in [2.75, 3.05) is 18.0 Å². The molecule has 1 atom stereocenters. The molecule has 1 saturated heterocycles. The van der Waals surface area contributed by atoms with Gasteiger partial charge >= 0.3 is 0 Å². The molecule has 3 aromatic rings. The average molecular weight is 371 g/mol. The monoisotopic (exact) mass is 370 g/mol. The van der Waals surface area contributed by atoms with Gasteiger partial charge in [-0.15, -0.1) is 0 Å². The van der Waals surface area contributed by atoms with Gasteiger partial charge in [-0.3, -0.25) is 14.5 Å². The van der Waals surface area contributed by atoms with Gasteiger partial charge < -0.3 is 10.2 Å². The number of benzene rings is 1. The van der Waals surface area contributed by atoms with Crippen LogP contribution in [0.4, 0.5) is 5.82 Å². The molecule has 0 spiro atoms. The molecule has 2 aromatic heterocycles. The largest absolute Gasteiger partial charge is 0.353 e. The average Bonchev–Trinajstić information content (AvgIpc) is 3.08. The van der Waals surface area contributed by atoms with Crippen molar-refractivity contribution in [1.29, 1.82) is 0 Å². The van der Waals surface area contributed by atoms with Crippen molar-refractivity contribution >= 4 is 34.4 Å². The molecule has 7 nitrogen and oxygen atoms in total. The number of halogens is 1. The molecule has 134 valence electrons. The molecule has 0 radical (unpaired) electrons. The topological polar surface area (TPSA) is 75.9 Å². The number of hydrogen-bond donors (Lipinski definition) is 1. The van der Waals surface area contributed by atoms with Crippen molar-refractivity contribution in [1.82, 2.24) is 25.1 Å². The molecule has 1 aromatic carbocycles. The van der Waals surface area contributed by atoms with Crippen LogP contribution in [0.3, 0.4) is 0 Å². The Bertz CT molecular complexity index is 956. The molecule has 8 heteroatoms. The van der Waals surface area contributed by atoms with Gasteiger partial charge in [-0.25, -0.2) is 4.98 Å². The molecule has 1 aliphatic rings. The van der Waals surface area contributed by atoms with Crippen LogP contribution < -0.4 is 10.2 Å². The number of amides is 1. The minimum Gasteiger partial charge on any atom is -0.353 e. The first-order chi connectivity index (χ1) is 12.6. The second-order valence-corrected chi connectivity index (χ2v) is 6.93. The van der Waals surface area contributed by atoms with E-state index < -0.39 is 0 Å². The van der Waals surface area contributed by atoms with Crippen molar-refractivity contribution in [3.8, 4) is 0 Å². The number of anilines is 1. The molecule has 3 heterocycles. The molecule has 0 saturated carbocycles. The molecule has 26 heavy (non-hydrogen) atoms. The number of nitrogens with one attached hydrogen (secondary N) is 1. The fraction of sp³-hybridized carbons (Fsp3) is 0.333. The fourth-order valence-corrected chi connectivity index (χ4v) is 3.39. The summed E-state index contributed by atoms with van der Waals surface area (Å²) < 4.78 is 1.62. The zero-order valence-corrected chi connectivity index (χ0v) is 15.1. The summed E-state index contributed by atoms with van der Waals surface area (Å²) in [5.74, 6) is 0.674. The van der Waals surface area contributed by atoms with E-state index in [2.05, 4.69) is 20.3 Å². The number of carbonyl (C=O) groups excluding carboxylic acids is 1. The number of rotatable bonds is 3. The van der Waals surface area contributed by atoms with E-state index >= 15 is 0 Å². The van der Waals surface area contributed by atoms with Gasteiger partial charge in [0.2, 0.25) is 0 Å². The number of nitrogens with zero attached hydrogens (tertiary/aromatic N) is 5. The smallest absolute Gasteiger partial charge is 0.272 e. The Morgan fingerprint density at radius 2 is 2.19 bits per heavy atom. The summed E-state index contributed by atoms with van der Waals surface area (Å²) in [6, 6.07) is 7.27. The molecular formula is C18H19ClN6O. The Balaban J connectivity index is 1.48. The summed E-state index contributed by atoms with van der Waals surface area (Å²) in [5, 5.41) is 7.87. The molecule has 4 rings (SSSR count). The molecule has 1 aliphatic heterocycles. The van der Waals surface area contributed by atoms with E-state index in [4.69, 9.17) is 16.6 Å². The normalized spacial score (nSPS) is 17.5. The molecule has 1 unspecified atom stereocenters.